The molecular weight excluding hydrogens is 442 g/mol. The van der Waals surface area contributed by atoms with Crippen molar-refractivity contribution in [1.29, 1.82) is 0 Å². The standard InChI is InChI=1S/C22H25N7O3S/c1-33(31,32)12-15-11-29(7-6-25-15)22-19-16(13-2-3-13)9-24-10-18(19)27-21(28-22)14-4-5-26-17(8-14)20(23)30/h4-5,8-10,13,15,25H,2-3,6-7,11-12H2,1H3,(H2,23,30)/t15-/m1/s1. The Balaban J connectivity index is 1.64. The van der Waals surface area contributed by atoms with Gasteiger partial charge in [-0.2, -0.15) is 0 Å². The molecule has 3 N–H and O–H groups in total. The lowest BCUT2D eigenvalue weighted by molar-refractivity contribution is 0.0995. The minimum Gasteiger partial charge on any atom is -0.364 e. The first-order valence-corrected chi connectivity index (χ1v) is 12.9. The normalized spacial score (nSPS) is 19.1. The molecule has 1 saturated carbocycles. The Bertz CT molecular complexity index is 1340. The summed E-state index contributed by atoms with van der Waals surface area (Å²) < 4.78 is 23.8. The molecule has 0 radical (unpaired) electrons. The van der Waals surface area contributed by atoms with E-state index >= 15 is 0 Å². The van der Waals surface area contributed by atoms with Crippen LogP contribution in [0.15, 0.2) is 30.7 Å². The van der Waals surface area contributed by atoms with Crippen molar-refractivity contribution < 1.29 is 13.2 Å². The molecule has 0 aromatic carbocycles. The third-order valence-electron chi connectivity index (χ3n) is 5.96. The fourth-order valence-electron chi connectivity index (χ4n) is 4.35. The molecule has 3 aromatic heterocycles. The van der Waals surface area contributed by atoms with Gasteiger partial charge in [-0.1, -0.05) is 0 Å². The van der Waals surface area contributed by atoms with Crippen molar-refractivity contribution in [2.24, 2.45) is 5.73 Å². The van der Waals surface area contributed by atoms with Crippen molar-refractivity contribution in [1.82, 2.24) is 25.3 Å². The molecule has 172 valence electrons. The summed E-state index contributed by atoms with van der Waals surface area (Å²) >= 11 is 0. The number of fused-ring (bicyclic) bond motifs is 1. The number of anilines is 1. The van der Waals surface area contributed by atoms with Crippen LogP contribution in [0.3, 0.4) is 0 Å². The van der Waals surface area contributed by atoms with Crippen LogP contribution >= 0.6 is 0 Å². The van der Waals surface area contributed by atoms with Gasteiger partial charge in [0.1, 0.15) is 21.3 Å². The highest BCUT2D eigenvalue weighted by molar-refractivity contribution is 7.90. The first-order valence-electron chi connectivity index (χ1n) is 10.9. The molecule has 1 aliphatic heterocycles. The van der Waals surface area contributed by atoms with Crippen LogP contribution in [-0.2, 0) is 9.84 Å². The lowest BCUT2D eigenvalue weighted by atomic mass is 10.1. The SMILES string of the molecule is CS(=O)(=O)C[C@H]1CN(c2nc(-c3ccnc(C(N)=O)c3)nc3cncc(C4CC4)c23)CCN1. The van der Waals surface area contributed by atoms with E-state index in [1.165, 1.54) is 12.5 Å². The van der Waals surface area contributed by atoms with Crippen LogP contribution in [-0.4, -0.2) is 71.9 Å². The summed E-state index contributed by atoms with van der Waals surface area (Å²) in [4.78, 5) is 31.9. The monoisotopic (exact) mass is 467 g/mol. The van der Waals surface area contributed by atoms with Gasteiger partial charge in [-0.15, -0.1) is 0 Å². The second-order valence-electron chi connectivity index (χ2n) is 8.75. The maximum absolute atomic E-state index is 11.9. The Morgan fingerprint density at radius 2 is 2.09 bits per heavy atom. The van der Waals surface area contributed by atoms with Gasteiger partial charge in [0.2, 0.25) is 0 Å². The van der Waals surface area contributed by atoms with E-state index in [9.17, 15) is 13.2 Å². The zero-order valence-corrected chi connectivity index (χ0v) is 19.0. The number of piperazine rings is 1. The number of hydrogen-bond donors (Lipinski definition) is 2. The highest BCUT2D eigenvalue weighted by Gasteiger charge is 2.31. The lowest BCUT2D eigenvalue weighted by Crippen LogP contribution is -2.53. The number of nitrogens with one attached hydrogen (secondary N) is 1. The van der Waals surface area contributed by atoms with Crippen LogP contribution in [0, 0.1) is 0 Å². The second kappa shape index (κ2) is 8.31. The predicted molar refractivity (Wildman–Crippen MR) is 125 cm³/mol. The zero-order valence-electron chi connectivity index (χ0n) is 18.2. The highest BCUT2D eigenvalue weighted by Crippen LogP contribution is 2.44. The van der Waals surface area contributed by atoms with E-state index in [2.05, 4.69) is 20.2 Å². The number of carbonyl (C=O) groups excluding carboxylic acids is 1. The molecular formula is C22H25N7O3S. The molecule has 0 unspecified atom stereocenters. The van der Waals surface area contributed by atoms with Crippen molar-refractivity contribution in [2.45, 2.75) is 24.8 Å². The van der Waals surface area contributed by atoms with Gasteiger partial charge >= 0.3 is 0 Å². The smallest absolute Gasteiger partial charge is 0.267 e. The molecule has 33 heavy (non-hydrogen) atoms. The van der Waals surface area contributed by atoms with E-state index < -0.39 is 15.7 Å². The van der Waals surface area contributed by atoms with Gasteiger partial charge in [0.05, 0.1) is 17.5 Å². The summed E-state index contributed by atoms with van der Waals surface area (Å²) in [5, 5.41) is 4.26. The molecule has 0 bridgehead atoms. The van der Waals surface area contributed by atoms with Crippen LogP contribution in [0.1, 0.15) is 34.8 Å². The molecule has 10 nitrogen and oxygen atoms in total. The number of nitrogens with two attached hydrogens (primary N) is 1. The second-order valence-corrected chi connectivity index (χ2v) is 10.9. The van der Waals surface area contributed by atoms with Gasteiger partial charge in [0, 0.05) is 55.3 Å². The van der Waals surface area contributed by atoms with E-state index in [-0.39, 0.29) is 17.5 Å². The van der Waals surface area contributed by atoms with Crippen LogP contribution in [0.25, 0.3) is 22.3 Å². The van der Waals surface area contributed by atoms with Gasteiger partial charge in [0.25, 0.3) is 5.91 Å². The lowest BCUT2D eigenvalue weighted by Gasteiger charge is -2.35. The van der Waals surface area contributed by atoms with Crippen molar-refractivity contribution in [3.8, 4) is 11.4 Å². The number of sulfone groups is 1. The molecule has 2 fully saturated rings. The van der Waals surface area contributed by atoms with Crippen molar-refractivity contribution in [3.63, 3.8) is 0 Å². The largest absolute Gasteiger partial charge is 0.364 e. The minimum atomic E-state index is -3.13. The number of pyridine rings is 2. The first kappa shape index (κ1) is 21.7. The third-order valence-corrected chi connectivity index (χ3v) is 6.97. The number of aromatic nitrogens is 4. The van der Waals surface area contributed by atoms with Gasteiger partial charge in [-0.05, 0) is 36.5 Å². The Hall–Kier alpha value is -3.18. The van der Waals surface area contributed by atoms with E-state index in [1.807, 2.05) is 6.20 Å². The maximum Gasteiger partial charge on any atom is 0.267 e. The van der Waals surface area contributed by atoms with Crippen molar-refractivity contribution in [3.05, 3.63) is 42.0 Å². The van der Waals surface area contributed by atoms with E-state index in [4.69, 9.17) is 15.7 Å². The molecule has 5 rings (SSSR count). The number of primary amides is 1. The number of hydrogen-bond acceptors (Lipinski definition) is 9. The van der Waals surface area contributed by atoms with E-state index in [1.54, 1.807) is 18.3 Å². The molecule has 3 aromatic rings. The summed E-state index contributed by atoms with van der Waals surface area (Å²) in [6.45, 7) is 1.83. The van der Waals surface area contributed by atoms with Gasteiger partial charge < -0.3 is 16.0 Å². The Morgan fingerprint density at radius 3 is 2.82 bits per heavy atom. The molecule has 1 saturated heterocycles. The Morgan fingerprint density at radius 1 is 1.27 bits per heavy atom. The number of carbonyl (C=O) groups is 1. The number of rotatable bonds is 6. The summed E-state index contributed by atoms with van der Waals surface area (Å²) in [6.07, 6.45) is 8.58. The van der Waals surface area contributed by atoms with Crippen LogP contribution < -0.4 is 16.0 Å². The maximum atomic E-state index is 11.9. The molecule has 4 heterocycles. The topological polar surface area (TPSA) is 144 Å². The summed E-state index contributed by atoms with van der Waals surface area (Å²) in [6, 6.07) is 3.12. The average Bonchev–Trinajstić information content (AvgIpc) is 3.62. The fourth-order valence-corrected chi connectivity index (χ4v) is 5.30. The van der Waals surface area contributed by atoms with Crippen molar-refractivity contribution >= 4 is 32.5 Å². The van der Waals surface area contributed by atoms with Crippen LogP contribution in [0.5, 0.6) is 0 Å². The van der Waals surface area contributed by atoms with Gasteiger partial charge in [0.15, 0.2) is 5.82 Å². The average molecular weight is 468 g/mol. The van der Waals surface area contributed by atoms with Crippen LogP contribution in [0.4, 0.5) is 5.82 Å². The van der Waals surface area contributed by atoms with Crippen molar-refractivity contribution in [2.75, 3.05) is 36.5 Å². The number of amides is 1. The predicted octanol–water partition coefficient (Wildman–Crippen LogP) is 0.886. The first-order chi connectivity index (χ1) is 15.8. The van der Waals surface area contributed by atoms with Gasteiger partial charge in [-0.3, -0.25) is 14.8 Å². The molecule has 2 aliphatic rings. The molecule has 0 spiro atoms. The third kappa shape index (κ3) is 4.64. The van der Waals surface area contributed by atoms with Crippen LogP contribution in [0.2, 0.25) is 0 Å². The van der Waals surface area contributed by atoms with Gasteiger partial charge in [-0.25, -0.2) is 18.4 Å². The summed E-state index contributed by atoms with van der Waals surface area (Å²) in [5.41, 5.74) is 8.01. The minimum absolute atomic E-state index is 0.0583. The van der Waals surface area contributed by atoms with E-state index in [0.717, 1.165) is 35.1 Å². The van der Waals surface area contributed by atoms with E-state index in [0.29, 0.717) is 36.9 Å². The molecule has 1 atom stereocenters. The number of nitrogens with zero attached hydrogens (tertiary/aromatic N) is 5. The Kier molecular flexibility index (Phi) is 5.45. The zero-order chi connectivity index (χ0) is 23.2. The summed E-state index contributed by atoms with van der Waals surface area (Å²) in [5.74, 6) is 1.07. The molecule has 1 aliphatic carbocycles. The summed E-state index contributed by atoms with van der Waals surface area (Å²) in [7, 11) is -3.13. The molecule has 11 heteroatoms. The highest BCUT2D eigenvalue weighted by atomic mass is 32.2. The molecule has 1 amide bonds. The fraction of sp³-hybridized carbons (Fsp3) is 0.409. The Labute approximate surface area is 191 Å². The quantitative estimate of drug-likeness (QED) is 0.540.